The van der Waals surface area contributed by atoms with Crippen molar-refractivity contribution in [1.29, 1.82) is 0 Å². The first-order valence-corrected chi connectivity index (χ1v) is 5.60. The molecule has 5 heteroatoms. The Kier molecular flexibility index (Phi) is 3.36. The molecular weight excluding hydrogens is 245 g/mol. The summed E-state index contributed by atoms with van der Waals surface area (Å²) in [5.41, 5.74) is 0.886. The molecule has 0 atom stereocenters. The van der Waals surface area contributed by atoms with Crippen molar-refractivity contribution in [3.05, 3.63) is 46.1 Å². The van der Waals surface area contributed by atoms with Gasteiger partial charge in [-0.15, -0.1) is 0 Å². The van der Waals surface area contributed by atoms with E-state index in [2.05, 4.69) is 10.4 Å². The van der Waals surface area contributed by atoms with Gasteiger partial charge in [-0.05, 0) is 12.1 Å². The number of anilines is 1. The molecule has 1 heterocycles. The van der Waals surface area contributed by atoms with E-state index in [1.54, 1.807) is 4.68 Å². The molecule has 1 aromatic carbocycles. The third-order valence-corrected chi connectivity index (χ3v) is 2.99. The molecule has 0 saturated heterocycles. The number of aromatic nitrogens is 2. The molecule has 0 fully saturated rings. The highest BCUT2D eigenvalue weighted by molar-refractivity contribution is 6.35. The van der Waals surface area contributed by atoms with Crippen LogP contribution in [0, 0.1) is 0 Å². The smallest absolute Gasteiger partial charge is 0.147 e. The second-order valence-corrected chi connectivity index (χ2v) is 4.16. The summed E-state index contributed by atoms with van der Waals surface area (Å²) in [6.07, 6.45) is 1.88. The molecule has 0 spiro atoms. The molecule has 0 unspecified atom stereocenters. The summed E-state index contributed by atoms with van der Waals surface area (Å²) < 4.78 is 1.79. The molecule has 0 amide bonds. The number of halogens is 2. The molecule has 1 aromatic heterocycles. The minimum atomic E-state index is 0.570. The lowest BCUT2D eigenvalue weighted by atomic mass is 10.2. The first-order valence-electron chi connectivity index (χ1n) is 4.85. The average molecular weight is 256 g/mol. The highest BCUT2D eigenvalue weighted by Gasteiger charge is 2.06. The number of benzene rings is 1. The number of nitrogens with zero attached hydrogens (tertiary/aromatic N) is 2. The van der Waals surface area contributed by atoms with Crippen LogP contribution in [0.2, 0.25) is 10.0 Å². The Morgan fingerprint density at radius 1 is 1.25 bits per heavy atom. The highest BCUT2D eigenvalue weighted by atomic mass is 35.5. The van der Waals surface area contributed by atoms with E-state index in [0.717, 1.165) is 11.4 Å². The number of hydrogen-bond donors (Lipinski definition) is 1. The zero-order valence-electron chi connectivity index (χ0n) is 8.74. The predicted octanol–water partition coefficient (Wildman–Crippen LogP) is 3.28. The van der Waals surface area contributed by atoms with Crippen molar-refractivity contribution in [3.63, 3.8) is 0 Å². The van der Waals surface area contributed by atoms with Gasteiger partial charge in [0, 0.05) is 34.9 Å². The molecule has 0 bridgehead atoms. The molecule has 0 radical (unpaired) electrons. The van der Waals surface area contributed by atoms with Crippen molar-refractivity contribution >= 4 is 29.0 Å². The van der Waals surface area contributed by atoms with Gasteiger partial charge in [-0.2, -0.15) is 5.10 Å². The molecule has 0 saturated carbocycles. The van der Waals surface area contributed by atoms with Gasteiger partial charge < -0.3 is 5.32 Å². The number of rotatable bonds is 3. The van der Waals surface area contributed by atoms with Gasteiger partial charge in [-0.1, -0.05) is 29.3 Å². The van der Waals surface area contributed by atoms with Crippen molar-refractivity contribution in [2.24, 2.45) is 0 Å². The molecule has 3 nitrogen and oxygen atoms in total. The van der Waals surface area contributed by atoms with Crippen molar-refractivity contribution in [1.82, 2.24) is 9.78 Å². The second-order valence-electron chi connectivity index (χ2n) is 3.35. The van der Waals surface area contributed by atoms with Crippen LogP contribution in [-0.4, -0.2) is 16.8 Å². The summed E-state index contributed by atoms with van der Waals surface area (Å²) in [4.78, 5) is 0. The van der Waals surface area contributed by atoms with E-state index in [1.165, 1.54) is 0 Å². The number of hydrogen-bond acceptors (Lipinski definition) is 2. The largest absolute Gasteiger partial charge is 0.372 e. The summed E-state index contributed by atoms with van der Waals surface area (Å²) in [6, 6.07) is 7.37. The van der Waals surface area contributed by atoms with Gasteiger partial charge in [0.15, 0.2) is 0 Å². The van der Waals surface area contributed by atoms with Crippen LogP contribution in [-0.2, 0) is 6.54 Å². The maximum Gasteiger partial charge on any atom is 0.147 e. The van der Waals surface area contributed by atoms with Crippen LogP contribution in [0.15, 0.2) is 30.5 Å². The zero-order chi connectivity index (χ0) is 11.5. The van der Waals surface area contributed by atoms with Crippen LogP contribution in [0.5, 0.6) is 0 Å². The van der Waals surface area contributed by atoms with Crippen LogP contribution in [0.4, 0.5) is 5.82 Å². The van der Waals surface area contributed by atoms with E-state index >= 15 is 0 Å². The summed E-state index contributed by atoms with van der Waals surface area (Å²) in [6.45, 7) is 0.570. The summed E-state index contributed by atoms with van der Waals surface area (Å²) in [5, 5.41) is 8.58. The normalized spacial score (nSPS) is 10.4. The first-order chi connectivity index (χ1) is 7.70. The standard InChI is InChI=1S/C11H11Cl2N3/c1-14-11-5-6-16(15-11)7-8-9(12)3-2-4-10(8)13/h2-6H,7H2,1H3,(H,14,15). The minimum Gasteiger partial charge on any atom is -0.372 e. The Labute approximate surface area is 104 Å². The van der Waals surface area contributed by atoms with Gasteiger partial charge in [0.05, 0.1) is 6.54 Å². The van der Waals surface area contributed by atoms with Crippen molar-refractivity contribution < 1.29 is 0 Å². The SMILES string of the molecule is CNc1ccn(Cc2c(Cl)cccc2Cl)n1. The molecule has 0 aliphatic heterocycles. The first kappa shape index (κ1) is 11.3. The minimum absolute atomic E-state index is 0.570. The van der Waals surface area contributed by atoms with E-state index in [0.29, 0.717) is 16.6 Å². The van der Waals surface area contributed by atoms with Crippen LogP contribution < -0.4 is 5.32 Å². The van der Waals surface area contributed by atoms with Crippen molar-refractivity contribution in [2.75, 3.05) is 12.4 Å². The van der Waals surface area contributed by atoms with Crippen LogP contribution in [0.3, 0.4) is 0 Å². The third kappa shape index (κ3) is 2.31. The maximum atomic E-state index is 6.08. The molecule has 2 aromatic rings. The van der Waals surface area contributed by atoms with Crippen LogP contribution in [0.25, 0.3) is 0 Å². The van der Waals surface area contributed by atoms with Gasteiger partial charge in [-0.3, -0.25) is 4.68 Å². The average Bonchev–Trinajstić information content (AvgIpc) is 2.71. The Hall–Kier alpha value is -1.19. The quantitative estimate of drug-likeness (QED) is 0.913. The van der Waals surface area contributed by atoms with Gasteiger partial charge >= 0.3 is 0 Å². The van der Waals surface area contributed by atoms with E-state index in [9.17, 15) is 0 Å². The van der Waals surface area contributed by atoms with E-state index < -0.39 is 0 Å². The lowest BCUT2D eigenvalue weighted by Gasteiger charge is -2.06. The highest BCUT2D eigenvalue weighted by Crippen LogP contribution is 2.25. The zero-order valence-corrected chi connectivity index (χ0v) is 10.3. The molecular formula is C11H11Cl2N3. The van der Waals surface area contributed by atoms with E-state index in [-0.39, 0.29) is 0 Å². The summed E-state index contributed by atoms with van der Waals surface area (Å²) >= 11 is 12.2. The lowest BCUT2D eigenvalue weighted by molar-refractivity contribution is 0.689. The fraction of sp³-hybridized carbons (Fsp3) is 0.182. The summed E-state index contributed by atoms with van der Waals surface area (Å²) in [5.74, 6) is 0.822. The van der Waals surface area contributed by atoms with Gasteiger partial charge in [-0.25, -0.2) is 0 Å². The molecule has 0 aliphatic rings. The Morgan fingerprint density at radius 3 is 2.50 bits per heavy atom. The Bertz CT molecular complexity index is 473. The Morgan fingerprint density at radius 2 is 1.94 bits per heavy atom. The topological polar surface area (TPSA) is 29.9 Å². The third-order valence-electron chi connectivity index (χ3n) is 2.28. The molecule has 16 heavy (non-hydrogen) atoms. The van der Waals surface area contributed by atoms with Crippen LogP contribution >= 0.6 is 23.2 Å². The predicted molar refractivity (Wildman–Crippen MR) is 67.3 cm³/mol. The molecule has 2 rings (SSSR count). The van der Waals surface area contributed by atoms with Crippen molar-refractivity contribution in [3.8, 4) is 0 Å². The van der Waals surface area contributed by atoms with E-state index in [4.69, 9.17) is 23.2 Å². The fourth-order valence-electron chi connectivity index (χ4n) is 1.43. The van der Waals surface area contributed by atoms with Crippen LogP contribution in [0.1, 0.15) is 5.56 Å². The number of nitrogens with one attached hydrogen (secondary N) is 1. The molecule has 0 aliphatic carbocycles. The Balaban J connectivity index is 2.26. The van der Waals surface area contributed by atoms with Gasteiger partial charge in [0.25, 0.3) is 0 Å². The van der Waals surface area contributed by atoms with Gasteiger partial charge in [0.1, 0.15) is 5.82 Å². The maximum absolute atomic E-state index is 6.08. The van der Waals surface area contributed by atoms with Gasteiger partial charge in [0.2, 0.25) is 0 Å². The van der Waals surface area contributed by atoms with Crippen molar-refractivity contribution in [2.45, 2.75) is 6.54 Å². The second kappa shape index (κ2) is 4.76. The monoisotopic (exact) mass is 255 g/mol. The lowest BCUT2D eigenvalue weighted by Crippen LogP contribution is -2.02. The fourth-order valence-corrected chi connectivity index (χ4v) is 1.95. The molecule has 84 valence electrons. The molecule has 1 N–H and O–H groups in total. The van der Waals surface area contributed by atoms with E-state index in [1.807, 2.05) is 37.5 Å². The summed E-state index contributed by atoms with van der Waals surface area (Å²) in [7, 11) is 1.83.